The first kappa shape index (κ1) is 15.8. The quantitative estimate of drug-likeness (QED) is 0.481. The van der Waals surface area contributed by atoms with Crippen molar-refractivity contribution >= 4 is 20.2 Å². The van der Waals surface area contributed by atoms with E-state index in [9.17, 15) is 8.42 Å². The molecule has 1 heterocycles. The maximum Gasteiger partial charge on any atom is 0.394 e. The van der Waals surface area contributed by atoms with Crippen LogP contribution in [0.15, 0.2) is 0 Å². The van der Waals surface area contributed by atoms with Gasteiger partial charge in [0.2, 0.25) is 0 Å². The van der Waals surface area contributed by atoms with E-state index in [-0.39, 0.29) is 0 Å². The summed E-state index contributed by atoms with van der Waals surface area (Å²) in [6, 6.07) is 0. The van der Waals surface area contributed by atoms with E-state index in [4.69, 9.17) is 17.5 Å². The summed E-state index contributed by atoms with van der Waals surface area (Å²) >= 11 is 0. The summed E-state index contributed by atoms with van der Waals surface area (Å²) in [6.45, 7) is 4.73. The van der Waals surface area contributed by atoms with Crippen molar-refractivity contribution in [2.45, 2.75) is 6.92 Å². The van der Waals surface area contributed by atoms with Crippen molar-refractivity contribution in [3.63, 3.8) is 0 Å². The van der Waals surface area contributed by atoms with Crippen molar-refractivity contribution in [2.24, 2.45) is 0 Å². The highest BCUT2D eigenvalue weighted by Crippen LogP contribution is 2.10. The Labute approximate surface area is 96.2 Å². The van der Waals surface area contributed by atoms with Crippen LogP contribution in [0, 0.1) is 0 Å². The lowest BCUT2D eigenvalue weighted by molar-refractivity contribution is -0.904. The molecule has 0 spiro atoms. The Morgan fingerprint density at radius 1 is 1.19 bits per heavy atom. The molecule has 0 bridgehead atoms. The van der Waals surface area contributed by atoms with Crippen LogP contribution in [0.2, 0.25) is 0 Å². The average Bonchev–Trinajstić information content (AvgIpc) is 2.08. The van der Waals surface area contributed by atoms with Gasteiger partial charge in [0.1, 0.15) is 0 Å². The minimum Gasteiger partial charge on any atom is -0.325 e. The van der Waals surface area contributed by atoms with E-state index in [0.29, 0.717) is 11.5 Å². The molecule has 0 aromatic rings. The zero-order valence-corrected chi connectivity index (χ0v) is 11.0. The molecule has 0 atom stereocenters. The number of sulfone groups is 1. The van der Waals surface area contributed by atoms with Crippen molar-refractivity contribution in [3.05, 3.63) is 0 Å². The van der Waals surface area contributed by atoms with Gasteiger partial charge < -0.3 is 4.48 Å². The van der Waals surface area contributed by atoms with Gasteiger partial charge in [0.05, 0.1) is 38.2 Å². The molecule has 16 heavy (non-hydrogen) atoms. The molecule has 0 radical (unpaired) electrons. The number of quaternary nitrogens is 1. The molecule has 7 nitrogen and oxygen atoms in total. The molecule has 1 saturated heterocycles. The van der Waals surface area contributed by atoms with E-state index in [1.54, 1.807) is 0 Å². The first-order chi connectivity index (χ1) is 6.97. The predicted molar refractivity (Wildman–Crippen MR) is 59.3 cm³/mol. The number of hydrogen-bond donors (Lipinski definition) is 2. The Hall–Kier alpha value is -0.220. The zero-order valence-electron chi connectivity index (χ0n) is 9.33. The maximum absolute atomic E-state index is 11.0. The third-order valence-corrected chi connectivity index (χ3v) is 4.26. The van der Waals surface area contributed by atoms with Crippen LogP contribution in [0.25, 0.3) is 0 Å². The summed E-state index contributed by atoms with van der Waals surface area (Å²) in [4.78, 5) is 0. The number of nitrogens with zero attached hydrogens (tertiary/aromatic N) is 1. The smallest absolute Gasteiger partial charge is 0.325 e. The molecule has 0 unspecified atom stereocenters. The third-order valence-electron chi connectivity index (χ3n) is 2.65. The largest absolute Gasteiger partial charge is 0.394 e. The molecule has 0 saturated carbocycles. The van der Waals surface area contributed by atoms with Gasteiger partial charge in [-0.05, 0) is 6.92 Å². The first-order valence-corrected chi connectivity index (χ1v) is 7.93. The molecule has 1 rings (SSSR count). The topological polar surface area (TPSA) is 109 Å². The van der Waals surface area contributed by atoms with Crippen LogP contribution in [0.3, 0.4) is 0 Å². The Balaban J connectivity index is 0.000000385. The van der Waals surface area contributed by atoms with Crippen molar-refractivity contribution in [1.29, 1.82) is 0 Å². The van der Waals surface area contributed by atoms with Gasteiger partial charge in [0.15, 0.2) is 9.84 Å². The molecule has 98 valence electrons. The SMILES string of the molecule is CC[N+]1(C)CCS(=O)(=O)CC1.O=S(=O)(O)O. The molecule has 0 aliphatic carbocycles. The summed E-state index contributed by atoms with van der Waals surface area (Å²) in [5.74, 6) is 0.745. The van der Waals surface area contributed by atoms with Gasteiger partial charge in [-0.1, -0.05) is 0 Å². The highest BCUT2D eigenvalue weighted by molar-refractivity contribution is 7.91. The number of rotatable bonds is 1. The lowest BCUT2D eigenvalue weighted by atomic mass is 10.4. The third kappa shape index (κ3) is 7.99. The first-order valence-electron chi connectivity index (χ1n) is 4.71. The highest BCUT2D eigenvalue weighted by Gasteiger charge is 2.30. The predicted octanol–water partition coefficient (Wildman–Crippen LogP) is -0.771. The van der Waals surface area contributed by atoms with Crippen LogP contribution in [0.5, 0.6) is 0 Å². The van der Waals surface area contributed by atoms with E-state index < -0.39 is 20.2 Å². The Morgan fingerprint density at radius 3 is 1.75 bits per heavy atom. The minimum absolute atomic E-state index is 0.372. The molecule has 9 heteroatoms. The second-order valence-corrected chi connectivity index (χ2v) is 7.18. The Morgan fingerprint density at radius 2 is 1.50 bits per heavy atom. The van der Waals surface area contributed by atoms with Crippen LogP contribution in [-0.4, -0.2) is 68.6 Å². The Bertz CT molecular complexity index is 390. The lowest BCUT2D eigenvalue weighted by Gasteiger charge is -2.36. The summed E-state index contributed by atoms with van der Waals surface area (Å²) in [5.41, 5.74) is 0. The van der Waals surface area contributed by atoms with Gasteiger partial charge in [0, 0.05) is 0 Å². The van der Waals surface area contributed by atoms with Crippen molar-refractivity contribution < 1.29 is 30.4 Å². The molecule has 1 aliphatic heterocycles. The van der Waals surface area contributed by atoms with Crippen LogP contribution >= 0.6 is 0 Å². The fourth-order valence-corrected chi connectivity index (χ4v) is 2.89. The van der Waals surface area contributed by atoms with Crippen molar-refractivity contribution in [3.8, 4) is 0 Å². The summed E-state index contributed by atoms with van der Waals surface area (Å²) in [7, 11) is -5.23. The highest BCUT2D eigenvalue weighted by atomic mass is 32.3. The van der Waals surface area contributed by atoms with Gasteiger partial charge in [-0.3, -0.25) is 9.11 Å². The van der Waals surface area contributed by atoms with E-state index in [1.807, 2.05) is 0 Å². The Kier molecular flexibility index (Phi) is 5.33. The maximum atomic E-state index is 11.0. The molecular formula is C7H18NO6S2+. The fourth-order valence-electron chi connectivity index (χ4n) is 1.25. The second-order valence-electron chi connectivity index (χ2n) is 3.98. The van der Waals surface area contributed by atoms with E-state index >= 15 is 0 Å². The molecule has 0 aromatic heterocycles. The normalized spacial score (nSPS) is 23.0. The summed E-state index contributed by atoms with van der Waals surface area (Å²) in [5, 5.41) is 0. The molecule has 0 aromatic carbocycles. The molecular weight excluding hydrogens is 258 g/mol. The number of hydrogen-bond acceptors (Lipinski definition) is 4. The van der Waals surface area contributed by atoms with Gasteiger partial charge in [0.25, 0.3) is 0 Å². The molecule has 1 fully saturated rings. The van der Waals surface area contributed by atoms with Crippen molar-refractivity contribution in [1.82, 2.24) is 0 Å². The second kappa shape index (κ2) is 5.41. The molecule has 0 amide bonds. The van der Waals surface area contributed by atoms with Crippen LogP contribution in [0.4, 0.5) is 0 Å². The van der Waals surface area contributed by atoms with Crippen LogP contribution in [0.1, 0.15) is 6.92 Å². The van der Waals surface area contributed by atoms with Gasteiger partial charge >= 0.3 is 10.4 Å². The fraction of sp³-hybridized carbons (Fsp3) is 1.00. The monoisotopic (exact) mass is 276 g/mol. The standard InChI is InChI=1S/C7H16NO2S.H2O4S/c1-3-8(2)4-6-11(9,10)7-5-8;1-5(2,3)4/h3-7H2,1-2H3;(H2,1,2,3,4)/q+1;. The van der Waals surface area contributed by atoms with E-state index in [2.05, 4.69) is 14.0 Å². The van der Waals surface area contributed by atoms with E-state index in [1.165, 1.54) is 0 Å². The van der Waals surface area contributed by atoms with Crippen LogP contribution in [-0.2, 0) is 20.2 Å². The van der Waals surface area contributed by atoms with Gasteiger partial charge in [-0.2, -0.15) is 8.42 Å². The van der Waals surface area contributed by atoms with Crippen molar-refractivity contribution in [2.75, 3.05) is 38.2 Å². The molecule has 2 N–H and O–H groups in total. The minimum atomic E-state index is -4.67. The summed E-state index contributed by atoms with van der Waals surface area (Å²) in [6.07, 6.45) is 0. The zero-order chi connectivity index (χ0) is 13.0. The van der Waals surface area contributed by atoms with Gasteiger partial charge in [-0.15, -0.1) is 0 Å². The average molecular weight is 276 g/mol. The van der Waals surface area contributed by atoms with E-state index in [0.717, 1.165) is 24.1 Å². The summed E-state index contributed by atoms with van der Waals surface area (Å²) < 4.78 is 54.6. The molecule has 1 aliphatic rings. The van der Waals surface area contributed by atoms with Gasteiger partial charge in [-0.25, -0.2) is 8.42 Å². The van der Waals surface area contributed by atoms with Crippen LogP contribution < -0.4 is 0 Å². The lowest BCUT2D eigenvalue weighted by Crippen LogP contribution is -2.53.